The summed E-state index contributed by atoms with van der Waals surface area (Å²) in [5.41, 5.74) is 2.05. The van der Waals surface area contributed by atoms with Crippen LogP contribution in [0.4, 0.5) is 0 Å². The van der Waals surface area contributed by atoms with E-state index in [9.17, 15) is 4.79 Å². The van der Waals surface area contributed by atoms with Crippen LogP contribution in [-0.4, -0.2) is 37.5 Å². The van der Waals surface area contributed by atoms with E-state index in [1.54, 1.807) is 0 Å². The summed E-state index contributed by atoms with van der Waals surface area (Å²) in [6, 6.07) is 15.4. The highest BCUT2D eigenvalue weighted by atomic mass is 35.5. The molecule has 0 spiro atoms. The Labute approximate surface area is 178 Å². The minimum atomic E-state index is 0. The minimum absolute atomic E-state index is 0. The van der Waals surface area contributed by atoms with Crippen molar-refractivity contribution in [3.05, 3.63) is 64.7 Å². The van der Waals surface area contributed by atoms with Crippen LogP contribution in [0.5, 0.6) is 5.75 Å². The second-order valence-electron chi connectivity index (χ2n) is 7.15. The van der Waals surface area contributed by atoms with E-state index in [-0.39, 0.29) is 18.3 Å². The molecule has 28 heavy (non-hydrogen) atoms. The third-order valence-corrected chi connectivity index (χ3v) is 5.19. The molecule has 1 saturated heterocycles. The molecule has 1 aliphatic heterocycles. The molecule has 0 bridgehead atoms. The fourth-order valence-electron chi connectivity index (χ4n) is 3.53. The average molecular weight is 423 g/mol. The number of likely N-dealkylation sites (tertiary alicyclic amines) is 1. The van der Waals surface area contributed by atoms with Crippen molar-refractivity contribution in [3.8, 4) is 5.75 Å². The standard InChI is InChI=1S/C22H27ClN2O2.ClH/c1-24-14-19-5-3-11-25(15-19)22(26)13-18-4-2-6-21(12-18)27-16-17-7-9-20(23)10-8-17;/h2,4,6-10,12,19,24H,3,5,11,13-16H2,1H3;1H. The Morgan fingerprint density at radius 1 is 1.21 bits per heavy atom. The smallest absolute Gasteiger partial charge is 0.227 e. The van der Waals surface area contributed by atoms with Crippen molar-refractivity contribution in [2.45, 2.75) is 25.9 Å². The van der Waals surface area contributed by atoms with Gasteiger partial charge in [0.15, 0.2) is 0 Å². The molecule has 6 heteroatoms. The number of halogens is 2. The number of nitrogens with one attached hydrogen (secondary N) is 1. The molecule has 0 saturated carbocycles. The zero-order chi connectivity index (χ0) is 19.1. The number of benzene rings is 2. The predicted octanol–water partition coefficient (Wildman–Crippen LogP) is 4.34. The molecule has 2 aromatic rings. The van der Waals surface area contributed by atoms with Gasteiger partial charge >= 0.3 is 0 Å². The van der Waals surface area contributed by atoms with E-state index in [1.165, 1.54) is 6.42 Å². The highest BCUT2D eigenvalue weighted by Gasteiger charge is 2.23. The fraction of sp³-hybridized carbons (Fsp3) is 0.409. The maximum absolute atomic E-state index is 12.7. The Kier molecular flexibility index (Phi) is 9.10. The van der Waals surface area contributed by atoms with Gasteiger partial charge in [0.2, 0.25) is 5.91 Å². The molecule has 1 atom stereocenters. The highest BCUT2D eigenvalue weighted by Crippen LogP contribution is 2.20. The number of carbonyl (C=O) groups is 1. The van der Waals surface area contributed by atoms with Crippen molar-refractivity contribution in [2.75, 3.05) is 26.7 Å². The van der Waals surface area contributed by atoms with Gasteiger partial charge in [0.1, 0.15) is 12.4 Å². The van der Waals surface area contributed by atoms with Crippen molar-refractivity contribution in [2.24, 2.45) is 5.92 Å². The molecule has 1 N–H and O–H groups in total. The molecule has 1 fully saturated rings. The van der Waals surface area contributed by atoms with Crippen LogP contribution in [0.3, 0.4) is 0 Å². The summed E-state index contributed by atoms with van der Waals surface area (Å²) in [5, 5.41) is 3.94. The Hall–Kier alpha value is -1.75. The number of hydrogen-bond donors (Lipinski definition) is 1. The van der Waals surface area contributed by atoms with Crippen LogP contribution in [0.2, 0.25) is 5.02 Å². The summed E-state index contributed by atoms with van der Waals surface area (Å²) in [5.74, 6) is 1.54. The second kappa shape index (κ2) is 11.3. The molecular weight excluding hydrogens is 395 g/mol. The molecule has 1 unspecified atom stereocenters. The van der Waals surface area contributed by atoms with Crippen LogP contribution in [-0.2, 0) is 17.8 Å². The number of piperidine rings is 1. The van der Waals surface area contributed by atoms with E-state index >= 15 is 0 Å². The fourth-order valence-corrected chi connectivity index (χ4v) is 3.65. The Bertz CT molecular complexity index is 750. The van der Waals surface area contributed by atoms with Gasteiger partial charge in [0, 0.05) is 18.1 Å². The van der Waals surface area contributed by atoms with Gasteiger partial charge in [-0.1, -0.05) is 35.9 Å². The molecular formula is C22H28Cl2N2O2. The summed E-state index contributed by atoms with van der Waals surface area (Å²) >= 11 is 5.91. The van der Waals surface area contributed by atoms with Crippen LogP contribution in [0.15, 0.2) is 48.5 Å². The second-order valence-corrected chi connectivity index (χ2v) is 7.58. The molecule has 152 valence electrons. The molecule has 0 aromatic heterocycles. The van der Waals surface area contributed by atoms with Crippen molar-refractivity contribution < 1.29 is 9.53 Å². The van der Waals surface area contributed by atoms with Gasteiger partial charge in [-0.05, 0) is 67.7 Å². The summed E-state index contributed by atoms with van der Waals surface area (Å²) in [4.78, 5) is 14.7. The minimum Gasteiger partial charge on any atom is -0.489 e. The first-order valence-corrected chi connectivity index (χ1v) is 9.90. The van der Waals surface area contributed by atoms with E-state index in [0.29, 0.717) is 24.0 Å². The number of carbonyl (C=O) groups excluding carboxylic acids is 1. The number of hydrogen-bond acceptors (Lipinski definition) is 3. The first-order valence-electron chi connectivity index (χ1n) is 9.52. The van der Waals surface area contributed by atoms with Gasteiger partial charge in [-0.15, -0.1) is 12.4 Å². The SMILES string of the molecule is CNCC1CCCN(C(=O)Cc2cccc(OCc3ccc(Cl)cc3)c2)C1.Cl. The summed E-state index contributed by atoms with van der Waals surface area (Å²) in [6.45, 7) is 3.17. The van der Waals surface area contributed by atoms with Crippen LogP contribution in [0.25, 0.3) is 0 Å². The van der Waals surface area contributed by atoms with E-state index in [1.807, 2.05) is 60.5 Å². The van der Waals surface area contributed by atoms with Crippen molar-refractivity contribution in [1.29, 1.82) is 0 Å². The lowest BCUT2D eigenvalue weighted by Crippen LogP contribution is -2.43. The molecule has 1 amide bonds. The number of rotatable bonds is 7. The first kappa shape index (κ1) is 22.5. The van der Waals surface area contributed by atoms with Crippen LogP contribution in [0.1, 0.15) is 24.0 Å². The largest absolute Gasteiger partial charge is 0.489 e. The van der Waals surface area contributed by atoms with Gasteiger partial charge in [-0.3, -0.25) is 4.79 Å². The van der Waals surface area contributed by atoms with Gasteiger partial charge in [0.25, 0.3) is 0 Å². The summed E-state index contributed by atoms with van der Waals surface area (Å²) < 4.78 is 5.87. The van der Waals surface area contributed by atoms with Gasteiger partial charge in [0.05, 0.1) is 6.42 Å². The van der Waals surface area contributed by atoms with Crippen LogP contribution < -0.4 is 10.1 Å². The van der Waals surface area contributed by atoms with Crippen LogP contribution >= 0.6 is 24.0 Å². The number of nitrogens with zero attached hydrogens (tertiary/aromatic N) is 1. The topological polar surface area (TPSA) is 41.6 Å². The molecule has 1 heterocycles. The molecule has 0 aliphatic carbocycles. The number of amides is 1. The molecule has 0 radical (unpaired) electrons. The first-order chi connectivity index (χ1) is 13.1. The maximum Gasteiger partial charge on any atom is 0.227 e. The zero-order valence-corrected chi connectivity index (χ0v) is 17.8. The molecule has 3 rings (SSSR count). The summed E-state index contributed by atoms with van der Waals surface area (Å²) in [6.07, 6.45) is 2.70. The third kappa shape index (κ3) is 6.69. The van der Waals surface area contributed by atoms with E-state index in [4.69, 9.17) is 16.3 Å². The van der Waals surface area contributed by atoms with E-state index in [0.717, 1.165) is 42.9 Å². The lowest BCUT2D eigenvalue weighted by atomic mass is 9.97. The third-order valence-electron chi connectivity index (χ3n) is 4.94. The Morgan fingerprint density at radius 3 is 2.75 bits per heavy atom. The number of ether oxygens (including phenoxy) is 1. The quantitative estimate of drug-likeness (QED) is 0.721. The molecule has 4 nitrogen and oxygen atoms in total. The Morgan fingerprint density at radius 2 is 2.00 bits per heavy atom. The Balaban J connectivity index is 0.00000280. The predicted molar refractivity (Wildman–Crippen MR) is 116 cm³/mol. The van der Waals surface area contributed by atoms with Gasteiger partial charge < -0.3 is 15.0 Å². The normalized spacial score (nSPS) is 16.4. The van der Waals surface area contributed by atoms with Crippen molar-refractivity contribution in [3.63, 3.8) is 0 Å². The average Bonchev–Trinajstić information content (AvgIpc) is 2.68. The highest BCUT2D eigenvalue weighted by molar-refractivity contribution is 6.30. The zero-order valence-electron chi connectivity index (χ0n) is 16.2. The van der Waals surface area contributed by atoms with Gasteiger partial charge in [-0.2, -0.15) is 0 Å². The lowest BCUT2D eigenvalue weighted by Gasteiger charge is -2.32. The lowest BCUT2D eigenvalue weighted by molar-refractivity contribution is -0.132. The van der Waals surface area contributed by atoms with E-state index in [2.05, 4.69) is 5.32 Å². The molecule has 2 aromatic carbocycles. The maximum atomic E-state index is 12.7. The van der Waals surface area contributed by atoms with Crippen molar-refractivity contribution in [1.82, 2.24) is 10.2 Å². The molecule has 1 aliphatic rings. The monoisotopic (exact) mass is 422 g/mol. The van der Waals surface area contributed by atoms with Crippen LogP contribution in [0, 0.1) is 5.92 Å². The summed E-state index contributed by atoms with van der Waals surface area (Å²) in [7, 11) is 1.97. The van der Waals surface area contributed by atoms with E-state index < -0.39 is 0 Å². The van der Waals surface area contributed by atoms with Gasteiger partial charge in [-0.25, -0.2) is 0 Å². The van der Waals surface area contributed by atoms with Crippen molar-refractivity contribution >= 4 is 29.9 Å².